The summed E-state index contributed by atoms with van der Waals surface area (Å²) in [5.74, 6) is -1.31. The Hall–Kier alpha value is -4.37. The van der Waals surface area contributed by atoms with Gasteiger partial charge >= 0.3 is 0 Å². The van der Waals surface area contributed by atoms with Crippen molar-refractivity contribution in [3.63, 3.8) is 0 Å². The third-order valence-corrected chi connectivity index (χ3v) is 7.19. The van der Waals surface area contributed by atoms with Crippen LogP contribution in [0.15, 0.2) is 77.7 Å². The molecule has 2 aliphatic heterocycles. The van der Waals surface area contributed by atoms with Crippen LogP contribution >= 0.6 is 0 Å². The van der Waals surface area contributed by atoms with Gasteiger partial charge in [-0.05, 0) is 86.0 Å². The number of carbonyl (C=O) groups is 2. The van der Waals surface area contributed by atoms with E-state index < -0.39 is 23.5 Å². The number of amides is 2. The van der Waals surface area contributed by atoms with Gasteiger partial charge in [0.25, 0.3) is 11.8 Å². The van der Waals surface area contributed by atoms with Crippen molar-refractivity contribution in [1.29, 1.82) is 0 Å². The summed E-state index contributed by atoms with van der Waals surface area (Å²) in [7, 11) is 2.11. The van der Waals surface area contributed by atoms with Gasteiger partial charge in [-0.3, -0.25) is 14.5 Å². The standard InChI is InChI=1S/C30H31FN6O2/c1-3-19-6-8-20(9-7-19)29(38)35-25-15-21(10-12-24(25)31)23-16-26(30(39)36-33-18-23)34-28-13-11-22(17-32-28)27-5-4-14-37(27)2/h6-13,15-18,23,27H,3-5,14H2,1-2H3,(H,32,34)(H,35,38)(H,36,39). The fourth-order valence-electron chi connectivity index (χ4n) is 4.89. The molecule has 0 saturated carbocycles. The number of nitrogens with zero attached hydrogens (tertiary/aromatic N) is 3. The first-order valence-corrected chi connectivity index (χ1v) is 13.1. The van der Waals surface area contributed by atoms with Gasteiger partial charge in [0.15, 0.2) is 0 Å². The second-order valence-electron chi connectivity index (χ2n) is 9.81. The number of nitrogens with one attached hydrogen (secondary N) is 3. The number of hydrazone groups is 1. The number of hydrogen-bond donors (Lipinski definition) is 3. The van der Waals surface area contributed by atoms with E-state index in [0.29, 0.717) is 23.0 Å². The maximum atomic E-state index is 14.7. The molecule has 5 rings (SSSR count). The summed E-state index contributed by atoms with van der Waals surface area (Å²) in [4.78, 5) is 32.2. The largest absolute Gasteiger partial charge is 0.336 e. The molecule has 2 aliphatic rings. The monoisotopic (exact) mass is 526 g/mol. The van der Waals surface area contributed by atoms with Gasteiger partial charge in [-0.25, -0.2) is 14.8 Å². The lowest BCUT2D eigenvalue weighted by atomic mass is 9.98. The molecule has 3 heterocycles. The summed E-state index contributed by atoms with van der Waals surface area (Å²) >= 11 is 0. The Morgan fingerprint density at radius 3 is 2.62 bits per heavy atom. The Kier molecular flexibility index (Phi) is 7.79. The predicted molar refractivity (Wildman–Crippen MR) is 150 cm³/mol. The lowest BCUT2D eigenvalue weighted by Crippen LogP contribution is -2.23. The summed E-state index contributed by atoms with van der Waals surface area (Å²) in [6.07, 6.45) is 8.22. The molecule has 8 nitrogen and oxygen atoms in total. The van der Waals surface area contributed by atoms with E-state index in [1.807, 2.05) is 37.4 Å². The van der Waals surface area contributed by atoms with E-state index in [1.165, 1.54) is 6.07 Å². The zero-order valence-corrected chi connectivity index (χ0v) is 21.9. The van der Waals surface area contributed by atoms with E-state index in [2.05, 4.69) is 38.1 Å². The van der Waals surface area contributed by atoms with E-state index >= 15 is 0 Å². The fourth-order valence-corrected chi connectivity index (χ4v) is 4.89. The Morgan fingerprint density at radius 2 is 1.92 bits per heavy atom. The molecule has 200 valence electrons. The smallest absolute Gasteiger partial charge is 0.287 e. The third-order valence-electron chi connectivity index (χ3n) is 7.19. The SMILES string of the molecule is CCc1ccc(C(=O)Nc2cc(C3C=NNC(=O)C(Nc4ccc(C5CCCN5C)cn4)=C3)ccc2F)cc1. The lowest BCUT2D eigenvalue weighted by molar-refractivity contribution is -0.117. The van der Waals surface area contributed by atoms with Crippen molar-refractivity contribution in [3.8, 4) is 0 Å². The van der Waals surface area contributed by atoms with Gasteiger partial charge in [0.05, 0.1) is 5.69 Å². The summed E-state index contributed by atoms with van der Waals surface area (Å²) in [6, 6.07) is 15.9. The van der Waals surface area contributed by atoms with Gasteiger partial charge in [0.1, 0.15) is 17.3 Å². The van der Waals surface area contributed by atoms with Crippen molar-refractivity contribution in [2.24, 2.45) is 5.10 Å². The highest BCUT2D eigenvalue weighted by Gasteiger charge is 2.23. The summed E-state index contributed by atoms with van der Waals surface area (Å²) in [5, 5.41) is 9.78. The van der Waals surface area contributed by atoms with Crippen molar-refractivity contribution in [3.05, 3.63) is 101 Å². The third kappa shape index (κ3) is 6.04. The Morgan fingerprint density at radius 1 is 1.13 bits per heavy atom. The molecule has 0 radical (unpaired) electrons. The molecule has 0 bridgehead atoms. The number of anilines is 2. The van der Waals surface area contributed by atoms with Gasteiger partial charge in [-0.15, -0.1) is 0 Å². The van der Waals surface area contributed by atoms with Crippen molar-refractivity contribution in [2.45, 2.75) is 38.1 Å². The molecule has 1 aromatic heterocycles. The second-order valence-corrected chi connectivity index (χ2v) is 9.81. The average molecular weight is 527 g/mol. The molecular weight excluding hydrogens is 495 g/mol. The number of pyridine rings is 1. The normalized spacial score (nSPS) is 19.3. The molecule has 1 fully saturated rings. The predicted octanol–water partition coefficient (Wildman–Crippen LogP) is 5.00. The minimum atomic E-state index is -0.559. The van der Waals surface area contributed by atoms with Crippen LogP contribution in [-0.4, -0.2) is 41.5 Å². The number of aromatic nitrogens is 1. The van der Waals surface area contributed by atoms with E-state index in [1.54, 1.807) is 36.6 Å². The molecule has 39 heavy (non-hydrogen) atoms. The molecule has 2 unspecified atom stereocenters. The number of allylic oxidation sites excluding steroid dienone is 1. The minimum absolute atomic E-state index is 0.0473. The molecule has 0 spiro atoms. The van der Waals surface area contributed by atoms with Crippen LogP contribution in [0.5, 0.6) is 0 Å². The number of hydrogen-bond acceptors (Lipinski definition) is 6. The molecule has 2 atom stereocenters. The highest BCUT2D eigenvalue weighted by atomic mass is 19.1. The van der Waals surface area contributed by atoms with Gasteiger partial charge in [-0.1, -0.05) is 31.2 Å². The Balaban J connectivity index is 1.34. The highest BCUT2D eigenvalue weighted by molar-refractivity contribution is 6.04. The highest BCUT2D eigenvalue weighted by Crippen LogP contribution is 2.30. The second kappa shape index (κ2) is 11.6. The summed E-state index contributed by atoms with van der Waals surface area (Å²) in [5.41, 5.74) is 6.14. The van der Waals surface area contributed by atoms with Crippen LogP contribution in [0, 0.1) is 5.82 Å². The van der Waals surface area contributed by atoms with Gasteiger partial charge in [-0.2, -0.15) is 5.10 Å². The van der Waals surface area contributed by atoms with Crippen LogP contribution in [0.1, 0.15) is 58.8 Å². The van der Waals surface area contributed by atoms with Crippen LogP contribution < -0.4 is 16.1 Å². The zero-order chi connectivity index (χ0) is 27.4. The van der Waals surface area contributed by atoms with Crippen molar-refractivity contribution < 1.29 is 14.0 Å². The fraction of sp³-hybridized carbons (Fsp3) is 0.267. The Bertz CT molecular complexity index is 1420. The van der Waals surface area contributed by atoms with Crippen LogP contribution in [0.25, 0.3) is 0 Å². The summed E-state index contributed by atoms with van der Waals surface area (Å²) < 4.78 is 14.7. The summed E-state index contributed by atoms with van der Waals surface area (Å²) in [6.45, 7) is 3.10. The number of aryl methyl sites for hydroxylation is 1. The maximum Gasteiger partial charge on any atom is 0.287 e. The molecule has 9 heteroatoms. The Labute approximate surface area is 227 Å². The van der Waals surface area contributed by atoms with Gasteiger partial charge in [0.2, 0.25) is 0 Å². The van der Waals surface area contributed by atoms with Crippen LogP contribution in [0.3, 0.4) is 0 Å². The van der Waals surface area contributed by atoms with E-state index in [0.717, 1.165) is 36.9 Å². The van der Waals surface area contributed by atoms with Crippen molar-refractivity contribution >= 4 is 29.5 Å². The van der Waals surface area contributed by atoms with Crippen molar-refractivity contribution in [1.82, 2.24) is 15.3 Å². The molecule has 1 saturated heterocycles. The van der Waals surface area contributed by atoms with E-state index in [-0.39, 0.29) is 11.4 Å². The molecule has 3 N–H and O–H groups in total. The average Bonchev–Trinajstić information content (AvgIpc) is 3.30. The number of halogens is 1. The first-order chi connectivity index (χ1) is 18.9. The van der Waals surface area contributed by atoms with Crippen molar-refractivity contribution in [2.75, 3.05) is 24.2 Å². The van der Waals surface area contributed by atoms with Gasteiger partial charge in [0, 0.05) is 29.9 Å². The number of benzene rings is 2. The van der Waals surface area contributed by atoms with Crippen LogP contribution in [-0.2, 0) is 11.2 Å². The number of rotatable bonds is 7. The molecule has 0 aliphatic carbocycles. The lowest BCUT2D eigenvalue weighted by Gasteiger charge is -2.19. The molecule has 3 aromatic rings. The zero-order valence-electron chi connectivity index (χ0n) is 21.9. The minimum Gasteiger partial charge on any atom is -0.336 e. The van der Waals surface area contributed by atoms with Crippen LogP contribution in [0.2, 0.25) is 0 Å². The van der Waals surface area contributed by atoms with E-state index in [4.69, 9.17) is 0 Å². The first-order valence-electron chi connectivity index (χ1n) is 13.1. The van der Waals surface area contributed by atoms with Crippen LogP contribution in [0.4, 0.5) is 15.9 Å². The number of likely N-dealkylation sites (tertiary alicyclic amines) is 1. The maximum absolute atomic E-state index is 14.7. The molecule has 2 amide bonds. The first kappa shape index (κ1) is 26.2. The molecular formula is C30H31FN6O2. The molecule has 2 aromatic carbocycles. The topological polar surface area (TPSA) is 98.7 Å². The van der Waals surface area contributed by atoms with Gasteiger partial charge < -0.3 is 10.6 Å². The number of carbonyl (C=O) groups excluding carboxylic acids is 2. The van der Waals surface area contributed by atoms with E-state index in [9.17, 15) is 14.0 Å². The quantitative estimate of drug-likeness (QED) is 0.403.